The lowest BCUT2D eigenvalue weighted by atomic mass is 9.44. The molecule has 4 aliphatic carbocycles. The molecule has 1 saturated carbocycles. The Kier molecular flexibility index (Phi) is 8.02. The number of cyclic esters (lactones) is 2. The smallest absolute Gasteiger partial charge is 0.340 e. The summed E-state index contributed by atoms with van der Waals surface area (Å²) in [5.41, 5.74) is 6.50. The molecule has 8 rings (SSSR count). The van der Waals surface area contributed by atoms with Gasteiger partial charge in [0.2, 0.25) is 0 Å². The molecular weight excluding hydrogens is 578 g/mol. The monoisotopic (exact) mass is 621 g/mol. The van der Waals surface area contributed by atoms with E-state index in [0.717, 1.165) is 78.5 Å². The third-order valence-corrected chi connectivity index (χ3v) is 10.9. The number of esters is 2. The Hall–Kier alpha value is -3.94. The topological polar surface area (TPSA) is 105 Å². The zero-order chi connectivity index (χ0) is 32.2. The number of carbonyl (C=O) groups excluding carboxylic acids is 2. The van der Waals surface area contributed by atoms with Crippen molar-refractivity contribution in [2.75, 3.05) is 13.7 Å². The third-order valence-electron chi connectivity index (χ3n) is 10.9. The standard InChI is InChI=1S/C39H43NO6/c1-4-5-9-32-39-17-16-27(28-13-14-29-31(15-10-22(2)21-41)45-37(43)34(29)35(28)39)33(36(39)38(44)46-32)30-19-25(42)11-12-26(30)24-8-6-7-23(18-24)20-40-3/h6-9,11-12,15,18-19,22,27-28,35,40-42H,4-5,10,13-14,16-17,20-21H2,1-3H3. The summed E-state index contributed by atoms with van der Waals surface area (Å²) in [6.45, 7) is 4.87. The first-order valence-electron chi connectivity index (χ1n) is 16.8. The quantitative estimate of drug-likeness (QED) is 0.260. The second-order valence-corrected chi connectivity index (χ2v) is 13.7. The van der Waals surface area contributed by atoms with Crippen LogP contribution in [0.1, 0.15) is 69.9 Å². The molecule has 7 heteroatoms. The van der Waals surface area contributed by atoms with Crippen molar-refractivity contribution >= 4 is 17.5 Å². The van der Waals surface area contributed by atoms with E-state index in [9.17, 15) is 19.8 Å². The number of aliphatic hydroxyl groups is 1. The number of nitrogens with one attached hydrogen (secondary N) is 1. The van der Waals surface area contributed by atoms with Crippen LogP contribution in [0.15, 0.2) is 82.9 Å². The van der Waals surface area contributed by atoms with Crippen molar-refractivity contribution in [3.63, 3.8) is 0 Å². The molecule has 2 fully saturated rings. The number of aromatic hydroxyl groups is 1. The van der Waals surface area contributed by atoms with Gasteiger partial charge in [-0.3, -0.25) is 0 Å². The Bertz CT molecular complexity index is 1730. The van der Waals surface area contributed by atoms with Gasteiger partial charge in [-0.2, -0.15) is 0 Å². The van der Waals surface area contributed by atoms with Crippen molar-refractivity contribution in [1.82, 2.24) is 5.32 Å². The van der Waals surface area contributed by atoms with Crippen LogP contribution in [-0.2, 0) is 25.6 Å². The van der Waals surface area contributed by atoms with E-state index in [1.807, 2.05) is 38.2 Å². The van der Waals surface area contributed by atoms with Crippen LogP contribution >= 0.6 is 0 Å². The molecule has 2 aromatic rings. The van der Waals surface area contributed by atoms with Gasteiger partial charge in [0, 0.05) is 30.2 Å². The maximum Gasteiger partial charge on any atom is 0.340 e. The maximum absolute atomic E-state index is 14.2. The lowest BCUT2D eigenvalue weighted by Crippen LogP contribution is -2.52. The number of phenols is 1. The summed E-state index contributed by atoms with van der Waals surface area (Å²) in [6.07, 6.45) is 9.48. The first-order valence-corrected chi connectivity index (χ1v) is 16.8. The number of rotatable bonds is 9. The summed E-state index contributed by atoms with van der Waals surface area (Å²) < 4.78 is 12.2. The molecule has 2 aliphatic heterocycles. The van der Waals surface area contributed by atoms with Crippen molar-refractivity contribution in [3.8, 4) is 16.9 Å². The van der Waals surface area contributed by atoms with Gasteiger partial charge in [0.25, 0.3) is 0 Å². The fraction of sp³-hybridized carbons (Fsp3) is 0.436. The second kappa shape index (κ2) is 12.0. The molecule has 46 heavy (non-hydrogen) atoms. The van der Waals surface area contributed by atoms with E-state index < -0.39 is 5.41 Å². The lowest BCUT2D eigenvalue weighted by Gasteiger charge is -2.56. The minimum atomic E-state index is -0.772. The first-order chi connectivity index (χ1) is 22.3. The van der Waals surface area contributed by atoms with Crippen LogP contribution in [0, 0.1) is 29.1 Å². The van der Waals surface area contributed by atoms with E-state index >= 15 is 0 Å². The fourth-order valence-corrected chi connectivity index (χ4v) is 8.97. The van der Waals surface area contributed by atoms with E-state index in [-0.39, 0.29) is 48.0 Å². The molecule has 7 nitrogen and oxygen atoms in total. The van der Waals surface area contributed by atoms with E-state index in [1.54, 1.807) is 6.07 Å². The molecule has 2 heterocycles. The van der Waals surface area contributed by atoms with Crippen LogP contribution in [0.2, 0.25) is 0 Å². The lowest BCUT2D eigenvalue weighted by molar-refractivity contribution is -0.135. The fourth-order valence-electron chi connectivity index (χ4n) is 8.97. The average molecular weight is 622 g/mol. The second-order valence-electron chi connectivity index (χ2n) is 13.7. The van der Waals surface area contributed by atoms with Crippen LogP contribution in [0.3, 0.4) is 0 Å². The van der Waals surface area contributed by atoms with Crippen LogP contribution in [-0.4, -0.2) is 35.8 Å². The summed E-state index contributed by atoms with van der Waals surface area (Å²) in [5.74, 6) is 0.747. The zero-order valence-electron chi connectivity index (χ0n) is 26.9. The molecule has 1 spiro atoms. The highest BCUT2D eigenvalue weighted by Crippen LogP contribution is 2.72. The zero-order valence-corrected chi connectivity index (χ0v) is 26.9. The molecule has 0 aromatic heterocycles. The van der Waals surface area contributed by atoms with Gasteiger partial charge in [0.1, 0.15) is 17.3 Å². The van der Waals surface area contributed by atoms with E-state index in [2.05, 4.69) is 36.5 Å². The maximum atomic E-state index is 14.2. The summed E-state index contributed by atoms with van der Waals surface area (Å²) >= 11 is 0. The Morgan fingerprint density at radius 3 is 2.67 bits per heavy atom. The van der Waals surface area contributed by atoms with Gasteiger partial charge in [0.05, 0.1) is 11.0 Å². The van der Waals surface area contributed by atoms with Crippen LogP contribution < -0.4 is 5.32 Å². The minimum Gasteiger partial charge on any atom is -0.508 e. The average Bonchev–Trinajstić information content (AvgIpc) is 3.55. The molecule has 3 N–H and O–H groups in total. The van der Waals surface area contributed by atoms with Gasteiger partial charge in [-0.15, -0.1) is 0 Å². The van der Waals surface area contributed by atoms with Gasteiger partial charge < -0.3 is 25.0 Å². The predicted molar refractivity (Wildman–Crippen MR) is 176 cm³/mol. The molecule has 2 bridgehead atoms. The highest BCUT2D eigenvalue weighted by atomic mass is 16.5. The van der Waals surface area contributed by atoms with Gasteiger partial charge in [0.15, 0.2) is 0 Å². The molecule has 0 radical (unpaired) electrons. The van der Waals surface area contributed by atoms with Gasteiger partial charge in [-0.1, -0.05) is 44.5 Å². The highest BCUT2D eigenvalue weighted by molar-refractivity contribution is 6.07. The van der Waals surface area contributed by atoms with Crippen molar-refractivity contribution in [2.45, 2.75) is 65.3 Å². The number of ether oxygens (including phenoxy) is 2. The van der Waals surface area contributed by atoms with E-state index in [0.29, 0.717) is 29.1 Å². The Morgan fingerprint density at radius 2 is 1.89 bits per heavy atom. The number of allylic oxidation sites excluding steroid dienone is 5. The van der Waals surface area contributed by atoms with Crippen LogP contribution in [0.25, 0.3) is 16.7 Å². The van der Waals surface area contributed by atoms with Crippen molar-refractivity contribution < 1.29 is 29.3 Å². The van der Waals surface area contributed by atoms with E-state index in [1.165, 1.54) is 0 Å². The number of aliphatic hydroxyl groups excluding tert-OH is 1. The summed E-state index contributed by atoms with van der Waals surface area (Å²) in [5, 5.41) is 23.7. The first kappa shape index (κ1) is 30.7. The number of fused-ring (bicyclic) bond motifs is 1. The molecule has 2 aromatic carbocycles. The molecule has 240 valence electrons. The molecule has 5 atom stereocenters. The van der Waals surface area contributed by atoms with Crippen LogP contribution in [0.4, 0.5) is 0 Å². The molecule has 5 unspecified atom stereocenters. The largest absolute Gasteiger partial charge is 0.508 e. The van der Waals surface area contributed by atoms with Gasteiger partial charge in [-0.05, 0) is 122 Å². The minimum absolute atomic E-state index is 0.0188. The molecular formula is C39H43NO6. The Labute approximate surface area is 270 Å². The third kappa shape index (κ3) is 4.70. The van der Waals surface area contributed by atoms with Gasteiger partial charge in [-0.25, -0.2) is 9.59 Å². The summed E-state index contributed by atoms with van der Waals surface area (Å²) in [7, 11) is 1.93. The summed E-state index contributed by atoms with van der Waals surface area (Å²) in [4.78, 5) is 28.0. The number of phenolic OH excluding ortho intramolecular Hbond substituents is 1. The Morgan fingerprint density at radius 1 is 1.04 bits per heavy atom. The molecule has 0 amide bonds. The predicted octanol–water partition coefficient (Wildman–Crippen LogP) is 6.97. The van der Waals surface area contributed by atoms with Crippen molar-refractivity contribution in [2.24, 2.45) is 29.1 Å². The van der Waals surface area contributed by atoms with Crippen molar-refractivity contribution in [1.29, 1.82) is 0 Å². The number of hydrogen-bond donors (Lipinski definition) is 3. The van der Waals surface area contributed by atoms with Crippen molar-refractivity contribution in [3.05, 3.63) is 94.0 Å². The van der Waals surface area contributed by atoms with Crippen LogP contribution in [0.5, 0.6) is 5.75 Å². The molecule has 6 aliphatic rings. The molecule has 1 saturated heterocycles. The Balaban J connectivity index is 1.45. The number of benzene rings is 2. The summed E-state index contributed by atoms with van der Waals surface area (Å²) in [6, 6.07) is 13.9. The number of hydrogen-bond acceptors (Lipinski definition) is 7. The number of carbonyl (C=O) groups is 2. The van der Waals surface area contributed by atoms with E-state index in [4.69, 9.17) is 9.47 Å². The highest BCUT2D eigenvalue weighted by Gasteiger charge is 2.68. The number of unbranched alkanes of at least 4 members (excludes halogenated alkanes) is 1. The normalized spacial score (nSPS) is 28.8. The van der Waals surface area contributed by atoms with Gasteiger partial charge >= 0.3 is 11.9 Å². The SMILES string of the molecule is CCCC=C1OC(=O)C2=C(c3cc(O)ccc3-c3cccc(CNC)c3)C3CCC12C1C2=C(CCC31)C(=CCC(C)CO)OC2=O.